The van der Waals surface area contributed by atoms with Crippen molar-refractivity contribution in [3.63, 3.8) is 0 Å². The van der Waals surface area contributed by atoms with Crippen molar-refractivity contribution in [3.8, 4) is 17.2 Å². The van der Waals surface area contributed by atoms with Crippen molar-refractivity contribution in [1.82, 2.24) is 15.5 Å². The van der Waals surface area contributed by atoms with Gasteiger partial charge in [0.15, 0.2) is 5.75 Å². The van der Waals surface area contributed by atoms with E-state index in [1.165, 1.54) is 7.11 Å². The van der Waals surface area contributed by atoms with Crippen molar-refractivity contribution in [2.45, 2.75) is 76.1 Å². The maximum absolute atomic E-state index is 14.5. The van der Waals surface area contributed by atoms with Crippen molar-refractivity contribution < 1.29 is 33.3 Å². The number of hydrogen-bond acceptors (Lipinski definition) is 9. The van der Waals surface area contributed by atoms with Crippen LogP contribution in [0.4, 0.5) is 0 Å². The van der Waals surface area contributed by atoms with Crippen LogP contribution < -0.4 is 24.8 Å². The Bertz CT molecular complexity index is 1680. The molecule has 2 heterocycles. The lowest BCUT2D eigenvalue weighted by Gasteiger charge is -2.36. The van der Waals surface area contributed by atoms with Crippen LogP contribution in [-0.4, -0.2) is 88.6 Å². The minimum Gasteiger partial charge on any atom is -0.490 e. The summed E-state index contributed by atoms with van der Waals surface area (Å²) >= 11 is 12.6. The molecule has 0 spiro atoms. The number of rotatable bonds is 17. The highest BCUT2D eigenvalue weighted by Gasteiger charge is 2.40. The summed E-state index contributed by atoms with van der Waals surface area (Å²) < 4.78 is 28.4. The molecule has 3 aromatic rings. The van der Waals surface area contributed by atoms with E-state index in [-0.39, 0.29) is 41.9 Å². The SMILES string of the molecule is COCCCc1cc(CN(C(=O)[C@H]2CNCC[C@@H]2c2ccc(OCCOc3c(Cl)cc(C)cc3Cl)cc2)C2CC2)cc(O[C@H]2CN[C@H](C(=O)OC)C2)c1. The fraction of sp³-hybridized carbons (Fsp3) is 0.512. The van der Waals surface area contributed by atoms with E-state index in [4.69, 9.17) is 46.9 Å². The quantitative estimate of drug-likeness (QED) is 0.118. The zero-order valence-corrected chi connectivity index (χ0v) is 32.3. The molecule has 0 aromatic heterocycles. The first-order chi connectivity index (χ1) is 25.7. The standard InChI is InChI=1S/C41H51Cl2N3O7/c1-26-17-36(42)39(37(43)18-26)52-16-15-51-31-10-6-29(7-11-31)34-12-13-44-24-35(34)40(47)46(30-8-9-30)25-28-19-27(5-4-14-49-2)20-32(21-28)53-33-22-38(45-23-33)41(48)50-3/h6-7,10-11,17-21,30,33-35,38,44-45H,4-5,8-9,12-16,22-25H2,1-3H3/t33-,34-,35+,38+/m1/s1. The van der Waals surface area contributed by atoms with Gasteiger partial charge >= 0.3 is 5.97 Å². The molecule has 10 nitrogen and oxygen atoms in total. The molecule has 3 fully saturated rings. The first-order valence-corrected chi connectivity index (χ1v) is 19.4. The number of ether oxygens (including phenoxy) is 5. The molecule has 0 unspecified atom stereocenters. The molecule has 1 aliphatic carbocycles. The maximum atomic E-state index is 14.5. The van der Waals surface area contributed by atoms with Crippen LogP contribution in [0.15, 0.2) is 54.6 Å². The number of amides is 1. The van der Waals surface area contributed by atoms with Crippen molar-refractivity contribution in [2.75, 3.05) is 53.7 Å². The van der Waals surface area contributed by atoms with Gasteiger partial charge in [-0.2, -0.15) is 0 Å². The Morgan fingerprint density at radius 3 is 2.32 bits per heavy atom. The van der Waals surface area contributed by atoms with Gasteiger partial charge in [0, 0.05) is 45.8 Å². The van der Waals surface area contributed by atoms with E-state index >= 15 is 0 Å². The minimum absolute atomic E-state index is 0.0881. The first-order valence-electron chi connectivity index (χ1n) is 18.6. The molecule has 2 aliphatic heterocycles. The maximum Gasteiger partial charge on any atom is 0.323 e. The van der Waals surface area contributed by atoms with Crippen molar-refractivity contribution in [1.29, 1.82) is 0 Å². The Labute approximate surface area is 322 Å². The van der Waals surface area contributed by atoms with Crippen LogP contribution in [0.3, 0.4) is 0 Å². The molecule has 3 aliphatic rings. The zero-order chi connectivity index (χ0) is 37.3. The fourth-order valence-corrected chi connectivity index (χ4v) is 8.10. The number of halogens is 2. The highest BCUT2D eigenvalue weighted by atomic mass is 35.5. The van der Waals surface area contributed by atoms with Crippen LogP contribution in [-0.2, 0) is 32.0 Å². The van der Waals surface area contributed by atoms with Gasteiger partial charge in [0.1, 0.15) is 36.9 Å². The van der Waals surface area contributed by atoms with Crippen LogP contribution in [0.5, 0.6) is 17.2 Å². The number of esters is 1. The predicted molar refractivity (Wildman–Crippen MR) is 205 cm³/mol. The minimum atomic E-state index is -0.373. The number of benzene rings is 3. The largest absolute Gasteiger partial charge is 0.490 e. The van der Waals surface area contributed by atoms with Crippen molar-refractivity contribution in [3.05, 3.63) is 86.9 Å². The van der Waals surface area contributed by atoms with E-state index in [2.05, 4.69) is 45.9 Å². The molecule has 0 radical (unpaired) electrons. The van der Waals surface area contributed by atoms with Gasteiger partial charge in [-0.3, -0.25) is 9.59 Å². The molecule has 12 heteroatoms. The fourth-order valence-electron chi connectivity index (χ4n) is 7.40. The molecule has 2 N–H and O–H groups in total. The molecule has 2 saturated heterocycles. The summed E-state index contributed by atoms with van der Waals surface area (Å²) in [7, 11) is 3.11. The molecule has 6 rings (SSSR count). The molecule has 53 heavy (non-hydrogen) atoms. The third kappa shape index (κ3) is 10.6. The lowest BCUT2D eigenvalue weighted by molar-refractivity contribution is -0.142. The summed E-state index contributed by atoms with van der Waals surface area (Å²) in [6.45, 7) is 5.78. The second-order valence-electron chi connectivity index (χ2n) is 14.3. The summed E-state index contributed by atoms with van der Waals surface area (Å²) in [4.78, 5) is 28.7. The molecule has 1 amide bonds. The van der Waals surface area contributed by atoms with Crippen LogP contribution in [0, 0.1) is 12.8 Å². The van der Waals surface area contributed by atoms with Gasteiger partial charge < -0.3 is 39.2 Å². The van der Waals surface area contributed by atoms with E-state index in [1.807, 2.05) is 31.2 Å². The van der Waals surface area contributed by atoms with Gasteiger partial charge in [-0.15, -0.1) is 0 Å². The molecule has 3 aromatic carbocycles. The van der Waals surface area contributed by atoms with Crippen LogP contribution in [0.2, 0.25) is 10.0 Å². The summed E-state index contributed by atoms with van der Waals surface area (Å²) in [5.74, 6) is 1.75. The number of carbonyl (C=O) groups excluding carboxylic acids is 2. The average molecular weight is 769 g/mol. The third-order valence-electron chi connectivity index (χ3n) is 10.2. The smallest absolute Gasteiger partial charge is 0.323 e. The molecule has 1 saturated carbocycles. The van der Waals surface area contributed by atoms with Crippen LogP contribution in [0.1, 0.15) is 60.3 Å². The Morgan fingerprint density at radius 1 is 0.868 bits per heavy atom. The van der Waals surface area contributed by atoms with Gasteiger partial charge in [0.05, 0.1) is 23.1 Å². The monoisotopic (exact) mass is 767 g/mol. The summed E-state index contributed by atoms with van der Waals surface area (Å²) in [5.41, 5.74) is 4.29. The van der Waals surface area contributed by atoms with E-state index in [1.54, 1.807) is 7.11 Å². The van der Waals surface area contributed by atoms with Gasteiger partial charge in [0.25, 0.3) is 0 Å². The van der Waals surface area contributed by atoms with Crippen molar-refractivity contribution >= 4 is 35.1 Å². The lowest BCUT2D eigenvalue weighted by atomic mass is 9.80. The van der Waals surface area contributed by atoms with E-state index in [9.17, 15) is 9.59 Å². The highest BCUT2D eigenvalue weighted by molar-refractivity contribution is 6.37. The van der Waals surface area contributed by atoms with E-state index in [0.717, 1.165) is 72.4 Å². The number of carbonyl (C=O) groups is 2. The number of nitrogens with one attached hydrogen (secondary N) is 2. The third-order valence-corrected chi connectivity index (χ3v) is 10.8. The molecular formula is C41H51Cl2N3O7. The van der Waals surface area contributed by atoms with Gasteiger partial charge in [0.2, 0.25) is 5.91 Å². The number of hydrogen-bond donors (Lipinski definition) is 2. The second-order valence-corrected chi connectivity index (χ2v) is 15.1. The summed E-state index contributed by atoms with van der Waals surface area (Å²) in [6.07, 6.45) is 4.99. The Balaban J connectivity index is 1.11. The predicted octanol–water partition coefficient (Wildman–Crippen LogP) is 6.51. The van der Waals surface area contributed by atoms with E-state index < -0.39 is 0 Å². The Morgan fingerprint density at radius 2 is 1.60 bits per heavy atom. The van der Waals surface area contributed by atoms with Gasteiger partial charge in [-0.1, -0.05) is 41.4 Å². The first kappa shape index (κ1) is 39.2. The summed E-state index contributed by atoms with van der Waals surface area (Å²) in [5, 5.41) is 7.65. The molecule has 286 valence electrons. The normalized spacial score (nSPS) is 21.2. The number of nitrogens with zero attached hydrogens (tertiary/aromatic N) is 1. The Hall–Kier alpha value is -3.54. The second kappa shape index (κ2) is 18.7. The topological polar surface area (TPSA) is 108 Å². The highest BCUT2D eigenvalue weighted by Crippen LogP contribution is 2.38. The number of piperidine rings is 1. The lowest BCUT2D eigenvalue weighted by Crippen LogP contribution is -2.47. The number of aryl methyl sites for hydroxylation is 2. The molecule has 0 bridgehead atoms. The van der Waals surface area contributed by atoms with E-state index in [0.29, 0.717) is 61.7 Å². The van der Waals surface area contributed by atoms with Gasteiger partial charge in [-0.05, 0) is 110 Å². The number of methoxy groups -OCH3 is 2. The summed E-state index contributed by atoms with van der Waals surface area (Å²) in [6, 6.07) is 17.9. The van der Waals surface area contributed by atoms with Gasteiger partial charge in [-0.25, -0.2) is 0 Å². The van der Waals surface area contributed by atoms with Crippen LogP contribution >= 0.6 is 23.2 Å². The average Bonchev–Trinajstić information content (AvgIpc) is 3.90. The molecule has 4 atom stereocenters. The zero-order valence-electron chi connectivity index (χ0n) is 30.8. The van der Waals surface area contributed by atoms with Crippen molar-refractivity contribution in [2.24, 2.45) is 5.92 Å². The van der Waals surface area contributed by atoms with Crippen LogP contribution in [0.25, 0.3) is 0 Å². The Kier molecular flexibility index (Phi) is 13.8. The molecular weight excluding hydrogens is 717 g/mol.